The van der Waals surface area contributed by atoms with E-state index >= 15 is 0 Å². The first kappa shape index (κ1) is 22.4. The first-order valence-electron chi connectivity index (χ1n) is 9.31. The number of aryl methyl sites for hydroxylation is 1. The number of carbonyl (C=O) groups excluding carboxylic acids is 1. The highest BCUT2D eigenvalue weighted by Crippen LogP contribution is 2.21. The number of primary sulfonamides is 1. The minimum atomic E-state index is -3.91. The summed E-state index contributed by atoms with van der Waals surface area (Å²) in [5.74, 6) is 1.88. The molecule has 4 aromatic rings. The number of terminal acetylenes is 1. The molecule has 0 aliphatic heterocycles. The predicted molar refractivity (Wildman–Crippen MR) is 121 cm³/mol. The summed E-state index contributed by atoms with van der Waals surface area (Å²) in [6, 6.07) is 4.28. The average molecular weight is 488 g/mol. The van der Waals surface area contributed by atoms with Crippen molar-refractivity contribution in [3.05, 3.63) is 50.2 Å². The second-order valence-electron chi connectivity index (χ2n) is 7.11. The third-order valence-electron chi connectivity index (χ3n) is 4.98. The Morgan fingerprint density at radius 3 is 2.67 bits per heavy atom. The van der Waals surface area contributed by atoms with Crippen LogP contribution >= 0.6 is 11.3 Å². The molecular weight excluding hydrogens is 470 g/mol. The highest BCUT2D eigenvalue weighted by Gasteiger charge is 2.17. The summed E-state index contributed by atoms with van der Waals surface area (Å²) in [5.41, 5.74) is -0.287. The van der Waals surface area contributed by atoms with Crippen LogP contribution in [-0.4, -0.2) is 37.6 Å². The Hall–Kier alpha value is -3.80. The number of benzene rings is 1. The molecule has 170 valence electrons. The van der Waals surface area contributed by atoms with Gasteiger partial charge in [-0.3, -0.25) is 18.7 Å². The van der Waals surface area contributed by atoms with Gasteiger partial charge in [-0.1, -0.05) is 17.3 Å². The average Bonchev–Trinajstić information content (AvgIpc) is 3.31. The standard InChI is InChI=1S/C19H17N7O5S2/c1-4-7-26-12-6-5-11(33(20,30)31)8-13(12)32-18(26)22-14(27)9-25-10-21-16-15(25)17(28)24(3)19(29)23(16)2/h1,5-6,8,10H,7,9H2,2-3H3,(H2,20,30,31). The van der Waals surface area contributed by atoms with Crippen LogP contribution in [0.5, 0.6) is 0 Å². The highest BCUT2D eigenvalue weighted by molar-refractivity contribution is 7.89. The largest absolute Gasteiger partial charge is 0.332 e. The number of nitrogens with zero attached hydrogens (tertiary/aromatic N) is 6. The first-order valence-corrected chi connectivity index (χ1v) is 11.7. The van der Waals surface area contributed by atoms with E-state index in [4.69, 9.17) is 11.6 Å². The molecular formula is C19H17N7O5S2. The van der Waals surface area contributed by atoms with Crippen LogP contribution in [0.3, 0.4) is 0 Å². The molecule has 0 saturated heterocycles. The lowest BCUT2D eigenvalue weighted by Crippen LogP contribution is -2.37. The zero-order valence-corrected chi connectivity index (χ0v) is 19.1. The Kier molecular flexibility index (Phi) is 5.40. The molecule has 14 heteroatoms. The summed E-state index contributed by atoms with van der Waals surface area (Å²) in [4.78, 5) is 45.8. The molecule has 2 N–H and O–H groups in total. The maximum Gasteiger partial charge on any atom is 0.332 e. The molecule has 33 heavy (non-hydrogen) atoms. The number of sulfonamides is 1. The van der Waals surface area contributed by atoms with Crippen LogP contribution < -0.4 is 21.2 Å². The van der Waals surface area contributed by atoms with Gasteiger partial charge in [-0.05, 0) is 18.2 Å². The van der Waals surface area contributed by atoms with Gasteiger partial charge in [-0.15, -0.1) is 6.42 Å². The molecule has 0 atom stereocenters. The number of rotatable bonds is 4. The van der Waals surface area contributed by atoms with E-state index < -0.39 is 27.2 Å². The minimum absolute atomic E-state index is 0.0756. The maximum atomic E-state index is 12.8. The van der Waals surface area contributed by atoms with Gasteiger partial charge < -0.3 is 9.13 Å². The van der Waals surface area contributed by atoms with Crippen molar-refractivity contribution in [2.45, 2.75) is 18.0 Å². The third kappa shape index (κ3) is 3.82. The molecule has 3 heterocycles. The molecule has 4 rings (SSSR count). The molecule has 0 aliphatic carbocycles. The first-order chi connectivity index (χ1) is 15.5. The van der Waals surface area contributed by atoms with Crippen molar-refractivity contribution in [3.63, 3.8) is 0 Å². The van der Waals surface area contributed by atoms with Crippen molar-refractivity contribution in [1.82, 2.24) is 23.3 Å². The van der Waals surface area contributed by atoms with Crippen LogP contribution in [0, 0.1) is 12.3 Å². The maximum absolute atomic E-state index is 12.8. The highest BCUT2D eigenvalue weighted by atomic mass is 32.2. The lowest BCUT2D eigenvalue weighted by Gasteiger charge is -2.05. The molecule has 0 unspecified atom stereocenters. The lowest BCUT2D eigenvalue weighted by molar-refractivity contribution is -0.118. The quantitative estimate of drug-likeness (QED) is 0.359. The number of nitrogens with two attached hydrogens (primary N) is 1. The van der Waals surface area contributed by atoms with Gasteiger partial charge in [0.1, 0.15) is 6.54 Å². The monoisotopic (exact) mass is 487 g/mol. The Morgan fingerprint density at radius 1 is 1.27 bits per heavy atom. The van der Waals surface area contributed by atoms with Crippen molar-refractivity contribution < 1.29 is 13.2 Å². The van der Waals surface area contributed by atoms with Crippen molar-refractivity contribution in [3.8, 4) is 12.3 Å². The number of imidazole rings is 1. The number of aromatic nitrogens is 5. The van der Waals surface area contributed by atoms with Gasteiger partial charge >= 0.3 is 5.69 Å². The van der Waals surface area contributed by atoms with Gasteiger partial charge in [-0.25, -0.2) is 23.3 Å². The van der Waals surface area contributed by atoms with Gasteiger partial charge in [-0.2, -0.15) is 4.99 Å². The van der Waals surface area contributed by atoms with Crippen LogP contribution in [0.25, 0.3) is 21.4 Å². The number of hydrogen-bond acceptors (Lipinski definition) is 7. The molecule has 0 aliphatic rings. The van der Waals surface area contributed by atoms with Crippen LogP contribution in [0.2, 0.25) is 0 Å². The van der Waals surface area contributed by atoms with Crippen molar-refractivity contribution in [2.75, 3.05) is 0 Å². The molecule has 0 saturated carbocycles. The number of hydrogen-bond donors (Lipinski definition) is 1. The number of fused-ring (bicyclic) bond motifs is 2. The fraction of sp³-hybridized carbons (Fsp3) is 0.211. The molecule has 0 radical (unpaired) electrons. The van der Waals surface area contributed by atoms with E-state index in [1.807, 2.05) is 0 Å². The van der Waals surface area contributed by atoms with Gasteiger partial charge in [0, 0.05) is 14.1 Å². The molecule has 1 aromatic carbocycles. The normalized spacial score (nSPS) is 12.5. The van der Waals surface area contributed by atoms with Crippen LogP contribution in [0.1, 0.15) is 0 Å². The third-order valence-corrected chi connectivity index (χ3v) is 6.93. The SMILES string of the molecule is C#CCn1c(=NC(=O)Cn2cnc3c2c(=O)n(C)c(=O)n3C)sc2cc(S(N)(=O)=O)ccc21. The molecule has 0 bridgehead atoms. The van der Waals surface area contributed by atoms with E-state index in [0.29, 0.717) is 10.2 Å². The molecule has 1 amide bonds. The molecule has 0 spiro atoms. The van der Waals surface area contributed by atoms with E-state index in [-0.39, 0.29) is 34.0 Å². The Labute approximate surface area is 189 Å². The second-order valence-corrected chi connectivity index (χ2v) is 9.68. The fourth-order valence-corrected chi connectivity index (χ4v) is 5.06. The van der Waals surface area contributed by atoms with E-state index in [1.54, 1.807) is 10.6 Å². The number of thiazole rings is 1. The van der Waals surface area contributed by atoms with Gasteiger partial charge in [0.2, 0.25) is 10.0 Å². The molecule has 3 aromatic heterocycles. The van der Waals surface area contributed by atoms with E-state index in [0.717, 1.165) is 15.9 Å². The summed E-state index contributed by atoms with van der Waals surface area (Å²) in [7, 11) is -1.10. The smallest absolute Gasteiger partial charge is 0.315 e. The van der Waals surface area contributed by atoms with Gasteiger partial charge in [0.05, 0.1) is 28.0 Å². The van der Waals surface area contributed by atoms with Crippen molar-refractivity contribution in [2.24, 2.45) is 24.2 Å². The predicted octanol–water partition coefficient (Wildman–Crippen LogP) is -1.14. The second kappa shape index (κ2) is 7.96. The Bertz CT molecular complexity index is 1790. The van der Waals surface area contributed by atoms with Crippen LogP contribution in [-0.2, 0) is 42.0 Å². The topological polar surface area (TPSA) is 156 Å². The number of carbonyl (C=O) groups is 1. The van der Waals surface area contributed by atoms with Gasteiger partial charge in [0.25, 0.3) is 11.5 Å². The summed E-state index contributed by atoms with van der Waals surface area (Å²) in [6.45, 7) is -0.214. The number of amides is 1. The summed E-state index contributed by atoms with van der Waals surface area (Å²) in [5, 5.41) is 5.20. The summed E-state index contributed by atoms with van der Waals surface area (Å²) >= 11 is 1.07. The summed E-state index contributed by atoms with van der Waals surface area (Å²) in [6.07, 6.45) is 6.74. The fourth-order valence-electron chi connectivity index (χ4n) is 3.36. The zero-order chi connectivity index (χ0) is 24.1. The van der Waals surface area contributed by atoms with Crippen molar-refractivity contribution in [1.29, 1.82) is 0 Å². The van der Waals surface area contributed by atoms with Gasteiger partial charge in [0.15, 0.2) is 16.0 Å². The summed E-state index contributed by atoms with van der Waals surface area (Å²) < 4.78 is 28.9. The Balaban J connectivity index is 1.81. The lowest BCUT2D eigenvalue weighted by atomic mass is 10.3. The van der Waals surface area contributed by atoms with Crippen LogP contribution in [0.4, 0.5) is 0 Å². The van der Waals surface area contributed by atoms with Crippen LogP contribution in [0.15, 0.2) is 44.0 Å². The molecule has 12 nitrogen and oxygen atoms in total. The van der Waals surface area contributed by atoms with Crippen molar-refractivity contribution >= 4 is 48.6 Å². The van der Waals surface area contributed by atoms with E-state index in [9.17, 15) is 22.8 Å². The molecule has 0 fully saturated rings. The van der Waals surface area contributed by atoms with E-state index in [1.165, 1.54) is 41.7 Å². The zero-order valence-electron chi connectivity index (χ0n) is 17.4. The minimum Gasteiger partial charge on any atom is -0.315 e. The van der Waals surface area contributed by atoms with E-state index in [2.05, 4.69) is 15.9 Å². The Morgan fingerprint density at radius 2 is 2.00 bits per heavy atom.